The van der Waals surface area contributed by atoms with Crippen molar-refractivity contribution in [3.05, 3.63) is 35.9 Å². The molecule has 31 radical (unpaired) electrons. The first-order chi connectivity index (χ1) is 17.5. The van der Waals surface area contributed by atoms with Crippen molar-refractivity contribution in [1.29, 1.82) is 0 Å². The highest BCUT2D eigenvalue weighted by Crippen LogP contribution is 2.13. The molecule has 1 aromatic carbocycles. The lowest BCUT2D eigenvalue weighted by Gasteiger charge is -2.49. The van der Waals surface area contributed by atoms with Crippen molar-refractivity contribution in [1.82, 2.24) is 0 Å². The minimum Gasteiger partial charge on any atom is -0.478 e. The van der Waals surface area contributed by atoms with Crippen LogP contribution in [0.2, 0.25) is 0 Å². The first-order valence-electron chi connectivity index (χ1n) is 11.9. The molecule has 2 nitrogen and oxygen atoms in total. The van der Waals surface area contributed by atoms with Crippen LogP contribution in [0.5, 0.6) is 0 Å². The highest BCUT2D eigenvalue weighted by Gasteiger charge is 2.51. The number of carbonyl (C=O) groups is 1. The molecule has 0 bridgehead atoms. The van der Waals surface area contributed by atoms with Gasteiger partial charge >= 0.3 is 5.97 Å². The van der Waals surface area contributed by atoms with Crippen LogP contribution in [-0.4, -0.2) is 217 Å². The fraction of sp³-hybridized carbons (Fsp3) is 0. The first kappa shape index (κ1) is 38.6. The molecule has 38 heavy (non-hydrogen) atoms. The van der Waals surface area contributed by atoms with E-state index < -0.39 is 89.0 Å². The third-order valence-corrected chi connectivity index (χ3v) is 6.58. The fourth-order valence-corrected chi connectivity index (χ4v) is 4.94. The van der Waals surface area contributed by atoms with Crippen molar-refractivity contribution < 1.29 is 9.90 Å². The van der Waals surface area contributed by atoms with Crippen LogP contribution in [0.1, 0.15) is 10.4 Å². The van der Waals surface area contributed by atoms with Crippen molar-refractivity contribution in [3.63, 3.8) is 0 Å². The first-order valence-corrected chi connectivity index (χ1v) is 11.9. The van der Waals surface area contributed by atoms with Crippen LogP contribution < -0.4 is 0 Å². The molecule has 0 aliphatic carbocycles. The summed E-state index contributed by atoms with van der Waals surface area (Å²) in [6.07, 6.45) is -11.9. The zero-order chi connectivity index (χ0) is 29.9. The Balaban J connectivity index is 0.00000127. The molecule has 0 fully saturated rings. The second-order valence-electron chi connectivity index (χ2n) is 9.37. The number of hydrogen-bond donors (Lipinski definition) is 1. The van der Waals surface area contributed by atoms with Crippen LogP contribution >= 0.6 is 0 Å². The maximum Gasteiger partial charge on any atom is 0.335 e. The molecule has 0 aromatic heterocycles. The van der Waals surface area contributed by atoms with E-state index in [1.165, 1.54) is 7.06 Å². The summed E-state index contributed by atoms with van der Waals surface area (Å²) in [5.41, 5.74) is 0.331. The molecule has 0 saturated carbocycles. The molecule has 1 aromatic rings. The number of benzene rings is 1. The molecule has 0 heterocycles. The molecule has 1 rings (SSSR count). The summed E-state index contributed by atoms with van der Waals surface area (Å²) in [6.45, 7) is 0. The van der Waals surface area contributed by atoms with E-state index in [4.69, 9.17) is 121 Å². The van der Waals surface area contributed by atoms with E-state index in [-0.39, 0.29) is 0 Å². The molecule has 0 unspecified atom stereocenters. The van der Waals surface area contributed by atoms with Crippen LogP contribution in [0.25, 0.3) is 0 Å². The Kier molecular flexibility index (Phi) is 19.2. The van der Waals surface area contributed by atoms with Crippen LogP contribution in [0.15, 0.2) is 30.3 Å². The SMILES string of the molecule is O=C(O)c1ccccc1.[B][B]B(B([B])[B])B(B(B([B])[B])B([B])[B])B(B(B([B])[B])B([B])[B])B(B([B])[B])B([B])[B]. The number of hydrogen-bond acceptors (Lipinski definition) is 1. The number of carboxylic acid groups (broad SMARTS) is 1. The number of carboxylic acids is 1. The molecule has 31 heteroatoms. The molecular formula is C7H6B29O2. The minimum absolute atomic E-state index is 0.331. The van der Waals surface area contributed by atoms with E-state index in [9.17, 15) is 4.79 Å². The van der Waals surface area contributed by atoms with E-state index in [2.05, 4.69) is 0 Å². The van der Waals surface area contributed by atoms with E-state index in [0.717, 1.165) is 0 Å². The third kappa shape index (κ3) is 11.8. The second kappa shape index (κ2) is 18.9. The van der Waals surface area contributed by atoms with Gasteiger partial charge in [0.15, 0.2) is 0 Å². The van der Waals surface area contributed by atoms with Gasteiger partial charge in [-0.25, -0.2) is 4.79 Å². The van der Waals surface area contributed by atoms with Crippen LogP contribution in [0.3, 0.4) is 0 Å². The molecule has 0 aliphatic rings. The smallest absolute Gasteiger partial charge is 0.335 e. The molecule has 1 N–H and O–H groups in total. The molecule has 0 atom stereocenters. The van der Waals surface area contributed by atoms with E-state index in [0.29, 0.717) is 5.56 Å². The van der Waals surface area contributed by atoms with Crippen LogP contribution in [-0.2, 0) is 0 Å². The van der Waals surface area contributed by atoms with Gasteiger partial charge in [-0.3, -0.25) is 0 Å². The van der Waals surface area contributed by atoms with E-state index >= 15 is 0 Å². The summed E-state index contributed by atoms with van der Waals surface area (Å²) < 4.78 is 0. The molecule has 133 valence electrons. The Labute approximate surface area is 256 Å². The predicted molar refractivity (Wildman–Crippen MR) is 200 cm³/mol. The normalized spacial score (nSPS) is 9.26. The minimum atomic E-state index is -1.03. The Bertz CT molecular complexity index is 725. The van der Waals surface area contributed by atoms with E-state index in [1.54, 1.807) is 30.3 Å². The van der Waals surface area contributed by atoms with Crippen molar-refractivity contribution in [2.24, 2.45) is 0 Å². The van der Waals surface area contributed by atoms with Crippen molar-refractivity contribution in [3.8, 4) is 0 Å². The van der Waals surface area contributed by atoms with Gasteiger partial charge in [0.2, 0.25) is 0 Å². The maximum atomic E-state index is 10.2. The highest BCUT2D eigenvalue weighted by molar-refractivity contribution is 8.26. The van der Waals surface area contributed by atoms with Gasteiger partial charge < -0.3 is 5.11 Å². The zero-order valence-corrected chi connectivity index (χ0v) is 21.5. The molecule has 0 saturated heterocycles. The van der Waals surface area contributed by atoms with Crippen molar-refractivity contribution in [2.45, 2.75) is 0 Å². The van der Waals surface area contributed by atoms with Crippen LogP contribution in [0.4, 0.5) is 0 Å². The topological polar surface area (TPSA) is 37.3 Å². The van der Waals surface area contributed by atoms with Gasteiger partial charge in [0.25, 0.3) is 0 Å². The zero-order valence-electron chi connectivity index (χ0n) is 21.5. The van der Waals surface area contributed by atoms with Gasteiger partial charge in [-0.05, 0) is 12.1 Å². The largest absolute Gasteiger partial charge is 0.478 e. The molecular weight excluding hydrogens is 430 g/mol. The summed E-state index contributed by atoms with van der Waals surface area (Å²) in [5.74, 6) is -0.879. The highest BCUT2D eigenvalue weighted by atomic mass is 16.4. The summed E-state index contributed by atoms with van der Waals surface area (Å²) >= 11 is 0. The number of rotatable bonds is 14. The van der Waals surface area contributed by atoms with Gasteiger partial charge in [-0.1, -0.05) is 18.2 Å². The van der Waals surface area contributed by atoms with Gasteiger partial charge in [-0.2, -0.15) is 0 Å². The average molecular weight is 436 g/mol. The van der Waals surface area contributed by atoms with Gasteiger partial charge in [-0.15, -0.1) is 0 Å². The van der Waals surface area contributed by atoms with Crippen LogP contribution in [0, 0.1) is 0 Å². The van der Waals surface area contributed by atoms with Gasteiger partial charge in [0.05, 0.1) is 5.56 Å². The Morgan fingerprint density at radius 2 is 0.842 bits per heavy atom. The standard InChI is InChI=1S/C7H6O2.B29/c8-7(9)6-4-2-1-3-5-6;1-16-24(17(2)3)28(25(18(4)5)19(6)7)29(26(20(8)9)21(10)11)27(22(12)13)23(14)15/h1-5H,(H,8,9);. The predicted octanol–water partition coefficient (Wildman–Crippen LogP) is -9.66. The lowest BCUT2D eigenvalue weighted by molar-refractivity contribution is 0.0697. The number of aromatic carboxylic acids is 1. The van der Waals surface area contributed by atoms with E-state index in [1.807, 2.05) is 0 Å². The van der Waals surface area contributed by atoms with Crippen molar-refractivity contribution in [2.75, 3.05) is 0 Å². The Morgan fingerprint density at radius 1 is 0.526 bits per heavy atom. The lowest BCUT2D eigenvalue weighted by Crippen LogP contribution is -2.87. The Morgan fingerprint density at radius 3 is 1.05 bits per heavy atom. The Hall–Kier alpha value is 0.573. The maximum absolute atomic E-state index is 10.2. The molecule has 0 amide bonds. The lowest BCUT2D eigenvalue weighted by atomic mass is 8.32. The van der Waals surface area contributed by atoms with Gasteiger partial charge in [0.1, 0.15) is 0 Å². The van der Waals surface area contributed by atoms with Gasteiger partial charge in [0, 0.05) is 206 Å². The summed E-state index contributed by atoms with van der Waals surface area (Å²) in [5, 5.41) is 8.38. The second-order valence-corrected chi connectivity index (χ2v) is 9.37. The molecule has 0 aliphatic heterocycles. The van der Waals surface area contributed by atoms with Crippen molar-refractivity contribution >= 4 is 212 Å². The molecule has 0 spiro atoms. The average Bonchev–Trinajstić information content (AvgIpc) is 2.77. The summed E-state index contributed by atoms with van der Waals surface area (Å²) in [6, 6.07) is 8.30. The third-order valence-electron chi connectivity index (χ3n) is 6.58. The monoisotopic (exact) mass is 441 g/mol. The summed E-state index contributed by atoms with van der Waals surface area (Å²) in [7, 11) is 91.2. The summed E-state index contributed by atoms with van der Waals surface area (Å²) in [4.78, 5) is 10.2. The quantitative estimate of drug-likeness (QED) is 0.295. The fourth-order valence-electron chi connectivity index (χ4n) is 4.94.